The third kappa shape index (κ3) is 6.28. The fourth-order valence-corrected chi connectivity index (χ4v) is 5.69. The van der Waals surface area contributed by atoms with Gasteiger partial charge in [-0.15, -0.1) is 0 Å². The molecule has 0 radical (unpaired) electrons. The second-order valence-corrected chi connectivity index (χ2v) is 13.7. The smallest absolute Gasteiger partial charge is 0.289 e. The Morgan fingerprint density at radius 2 is 1.89 bits per heavy atom. The van der Waals surface area contributed by atoms with Gasteiger partial charge in [-0.05, 0) is 73.1 Å². The van der Waals surface area contributed by atoms with Crippen molar-refractivity contribution in [2.24, 2.45) is 5.73 Å². The maximum absolute atomic E-state index is 13.9. The van der Waals surface area contributed by atoms with Gasteiger partial charge in [0.05, 0.1) is 5.56 Å². The lowest BCUT2D eigenvalue weighted by Gasteiger charge is -2.32. The van der Waals surface area contributed by atoms with Crippen LogP contribution >= 0.6 is 0 Å². The molecule has 5 nitrogen and oxygen atoms in total. The standard InChI is InChI=1S/C28H31FN2O3Si/c1-35(2,33)19-24-17-25(11-10-22-7-3-4-9-26(22)29)34-27(24)28(32)31-14-12-21(13-15-31)23-8-5-6-20(16-23)18-30/h3-9,16-17,21,33H,12-15,18-19,30H2,1-2H3. The highest BCUT2D eigenvalue weighted by Crippen LogP contribution is 2.30. The van der Waals surface area contributed by atoms with E-state index < -0.39 is 14.1 Å². The van der Waals surface area contributed by atoms with Crippen molar-refractivity contribution in [1.82, 2.24) is 4.90 Å². The summed E-state index contributed by atoms with van der Waals surface area (Å²) in [6, 6.07) is 16.7. The molecule has 1 aliphatic rings. The van der Waals surface area contributed by atoms with Crippen LogP contribution in [0.5, 0.6) is 0 Å². The van der Waals surface area contributed by atoms with Crippen molar-refractivity contribution >= 4 is 14.2 Å². The summed E-state index contributed by atoms with van der Waals surface area (Å²) in [6.45, 7) is 5.39. The number of amides is 1. The number of hydrogen-bond donors (Lipinski definition) is 2. The van der Waals surface area contributed by atoms with E-state index in [1.807, 2.05) is 30.1 Å². The molecule has 1 aromatic heterocycles. The lowest BCUT2D eigenvalue weighted by molar-refractivity contribution is 0.0679. The quantitative estimate of drug-likeness (QED) is 0.405. The van der Waals surface area contributed by atoms with E-state index in [1.54, 1.807) is 24.3 Å². The predicted molar refractivity (Wildman–Crippen MR) is 137 cm³/mol. The van der Waals surface area contributed by atoms with Crippen molar-refractivity contribution in [3.63, 3.8) is 0 Å². The summed E-state index contributed by atoms with van der Waals surface area (Å²) in [5.74, 6) is 5.92. The molecule has 7 heteroatoms. The molecule has 1 aliphatic heterocycles. The first kappa shape index (κ1) is 24.9. The molecule has 1 saturated heterocycles. The van der Waals surface area contributed by atoms with E-state index in [9.17, 15) is 14.0 Å². The number of nitrogens with two attached hydrogens (primary N) is 1. The number of benzene rings is 2. The molecular weight excluding hydrogens is 459 g/mol. The van der Waals surface area contributed by atoms with Crippen molar-refractivity contribution < 1.29 is 18.4 Å². The number of carbonyl (C=O) groups is 1. The third-order valence-electron chi connectivity index (χ3n) is 6.26. The molecule has 0 spiro atoms. The lowest BCUT2D eigenvalue weighted by Crippen LogP contribution is -2.38. The Bertz CT molecular complexity index is 1260. The van der Waals surface area contributed by atoms with Crippen LogP contribution in [0, 0.1) is 17.7 Å². The van der Waals surface area contributed by atoms with Gasteiger partial charge in [-0.25, -0.2) is 4.39 Å². The molecular formula is C28H31FN2O3Si. The van der Waals surface area contributed by atoms with E-state index in [4.69, 9.17) is 10.2 Å². The Kier molecular flexibility index (Phi) is 7.56. The SMILES string of the molecule is C[Si](C)(O)Cc1cc(C#Cc2ccccc2F)oc1C(=O)N1CCC(c2cccc(CN)c2)CC1. The number of piperidine rings is 1. The largest absolute Gasteiger partial charge is 0.442 e. The summed E-state index contributed by atoms with van der Waals surface area (Å²) in [6.07, 6.45) is 1.71. The minimum Gasteiger partial charge on any atom is -0.442 e. The molecule has 182 valence electrons. The summed E-state index contributed by atoms with van der Waals surface area (Å²) in [7, 11) is -2.52. The lowest BCUT2D eigenvalue weighted by atomic mass is 9.88. The zero-order valence-corrected chi connectivity index (χ0v) is 21.2. The Morgan fingerprint density at radius 3 is 2.57 bits per heavy atom. The second-order valence-electron chi connectivity index (χ2n) is 9.70. The molecule has 1 fully saturated rings. The number of furan rings is 1. The molecule has 2 heterocycles. The molecule has 3 N–H and O–H groups in total. The van der Waals surface area contributed by atoms with Gasteiger partial charge in [0.25, 0.3) is 5.91 Å². The Morgan fingerprint density at radius 1 is 1.14 bits per heavy atom. The summed E-state index contributed by atoms with van der Waals surface area (Å²) >= 11 is 0. The van der Waals surface area contributed by atoms with E-state index in [0.717, 1.165) is 18.4 Å². The highest BCUT2D eigenvalue weighted by atomic mass is 28.4. The highest BCUT2D eigenvalue weighted by Gasteiger charge is 2.30. The monoisotopic (exact) mass is 490 g/mol. The van der Waals surface area contributed by atoms with Gasteiger partial charge in [0.1, 0.15) is 5.82 Å². The molecule has 4 rings (SSSR count). The number of rotatable bonds is 5. The molecule has 3 aromatic rings. The molecule has 35 heavy (non-hydrogen) atoms. The first-order valence-corrected chi connectivity index (χ1v) is 15.1. The van der Waals surface area contributed by atoms with Gasteiger partial charge in [0, 0.05) is 25.2 Å². The normalized spacial score (nSPS) is 14.5. The zero-order valence-electron chi connectivity index (χ0n) is 20.2. The first-order valence-electron chi connectivity index (χ1n) is 11.9. The second kappa shape index (κ2) is 10.6. The van der Waals surface area contributed by atoms with Crippen LogP contribution in [0.3, 0.4) is 0 Å². The Hall–Kier alpha value is -3.18. The van der Waals surface area contributed by atoms with Crippen molar-refractivity contribution in [2.75, 3.05) is 13.1 Å². The van der Waals surface area contributed by atoms with Crippen LogP contribution in [0.2, 0.25) is 13.1 Å². The van der Waals surface area contributed by atoms with Crippen LogP contribution in [-0.2, 0) is 12.6 Å². The van der Waals surface area contributed by atoms with Gasteiger partial charge in [-0.1, -0.05) is 42.3 Å². The van der Waals surface area contributed by atoms with Gasteiger partial charge in [-0.3, -0.25) is 4.79 Å². The average Bonchev–Trinajstić information content (AvgIpc) is 3.24. The van der Waals surface area contributed by atoms with Crippen LogP contribution in [0.15, 0.2) is 59.0 Å². The van der Waals surface area contributed by atoms with E-state index in [2.05, 4.69) is 24.0 Å². The molecule has 0 bridgehead atoms. The number of hydrogen-bond acceptors (Lipinski definition) is 4. The van der Waals surface area contributed by atoms with Crippen molar-refractivity contribution in [3.05, 3.63) is 94.2 Å². The molecule has 2 aromatic carbocycles. The predicted octanol–water partition coefficient (Wildman–Crippen LogP) is 4.58. The number of carbonyl (C=O) groups excluding carboxylic acids is 1. The van der Waals surface area contributed by atoms with Gasteiger partial charge in [0.15, 0.2) is 19.8 Å². The minimum absolute atomic E-state index is 0.189. The topological polar surface area (TPSA) is 79.7 Å². The van der Waals surface area contributed by atoms with Crippen molar-refractivity contribution in [1.29, 1.82) is 0 Å². The summed E-state index contributed by atoms with van der Waals surface area (Å²) in [5.41, 5.74) is 9.08. The van der Waals surface area contributed by atoms with E-state index in [1.165, 1.54) is 11.6 Å². The maximum Gasteiger partial charge on any atom is 0.289 e. The Labute approximate surface area is 206 Å². The fraction of sp³-hybridized carbons (Fsp3) is 0.321. The van der Waals surface area contributed by atoms with Crippen LogP contribution in [0.1, 0.15) is 57.3 Å². The first-order chi connectivity index (χ1) is 16.7. The van der Waals surface area contributed by atoms with Gasteiger partial charge < -0.3 is 19.8 Å². The molecule has 0 aliphatic carbocycles. The summed E-state index contributed by atoms with van der Waals surface area (Å²) in [5, 5.41) is 0. The molecule has 0 unspecified atom stereocenters. The van der Waals surface area contributed by atoms with Crippen molar-refractivity contribution in [3.8, 4) is 11.8 Å². The maximum atomic E-state index is 13.9. The molecule has 1 amide bonds. The molecule has 0 saturated carbocycles. The summed E-state index contributed by atoms with van der Waals surface area (Å²) in [4.78, 5) is 25.8. The van der Waals surface area contributed by atoms with Crippen LogP contribution in [0.25, 0.3) is 0 Å². The zero-order chi connectivity index (χ0) is 25.0. The highest BCUT2D eigenvalue weighted by molar-refractivity contribution is 6.69. The van der Waals surface area contributed by atoms with E-state index >= 15 is 0 Å². The van der Waals surface area contributed by atoms with Crippen LogP contribution in [-0.4, -0.2) is 37.0 Å². The van der Waals surface area contributed by atoms with Crippen LogP contribution in [0.4, 0.5) is 4.39 Å². The van der Waals surface area contributed by atoms with E-state index in [0.29, 0.717) is 42.9 Å². The fourth-order valence-electron chi connectivity index (χ4n) is 4.49. The van der Waals surface area contributed by atoms with Gasteiger partial charge in [0.2, 0.25) is 0 Å². The van der Waals surface area contributed by atoms with Crippen molar-refractivity contribution in [2.45, 2.75) is 44.4 Å². The number of halogens is 1. The Balaban J connectivity index is 1.53. The summed E-state index contributed by atoms with van der Waals surface area (Å²) < 4.78 is 19.8. The van der Waals surface area contributed by atoms with E-state index in [-0.39, 0.29) is 17.2 Å². The number of nitrogens with zero attached hydrogens (tertiary/aromatic N) is 1. The van der Waals surface area contributed by atoms with Gasteiger partial charge in [-0.2, -0.15) is 0 Å². The average molecular weight is 491 g/mol. The minimum atomic E-state index is -2.52. The molecule has 0 atom stereocenters. The number of likely N-dealkylation sites (tertiary alicyclic amines) is 1. The van der Waals surface area contributed by atoms with Crippen LogP contribution < -0.4 is 5.73 Å². The third-order valence-corrected chi connectivity index (χ3v) is 7.51. The van der Waals surface area contributed by atoms with Gasteiger partial charge >= 0.3 is 0 Å².